The zero-order chi connectivity index (χ0) is 18.9. The minimum absolute atomic E-state index is 0.0661. The van der Waals surface area contributed by atoms with Gasteiger partial charge in [0.25, 0.3) is 0 Å². The first-order chi connectivity index (χ1) is 12.5. The maximum absolute atomic E-state index is 13.7. The summed E-state index contributed by atoms with van der Waals surface area (Å²) >= 11 is 0. The van der Waals surface area contributed by atoms with Crippen LogP contribution in [0.5, 0.6) is 5.75 Å². The molecule has 1 atom stereocenters. The summed E-state index contributed by atoms with van der Waals surface area (Å²) in [6.07, 6.45) is 0.559. The molecular formula is C19H21F3N2O2. The molecule has 0 spiro atoms. The van der Waals surface area contributed by atoms with E-state index in [0.717, 1.165) is 5.56 Å². The van der Waals surface area contributed by atoms with Gasteiger partial charge in [0.15, 0.2) is 0 Å². The van der Waals surface area contributed by atoms with Crippen LogP contribution in [0.3, 0.4) is 0 Å². The minimum Gasteiger partial charge on any atom is -0.435 e. The van der Waals surface area contributed by atoms with E-state index in [1.165, 1.54) is 18.2 Å². The van der Waals surface area contributed by atoms with Gasteiger partial charge in [0, 0.05) is 18.2 Å². The van der Waals surface area contributed by atoms with Gasteiger partial charge >= 0.3 is 6.61 Å². The van der Waals surface area contributed by atoms with Crippen molar-refractivity contribution in [3.05, 3.63) is 65.5 Å². The summed E-state index contributed by atoms with van der Waals surface area (Å²) in [4.78, 5) is 11.9. The number of amides is 1. The lowest BCUT2D eigenvalue weighted by molar-refractivity contribution is -0.120. The number of hydrogen-bond acceptors (Lipinski definition) is 3. The fourth-order valence-electron chi connectivity index (χ4n) is 2.43. The fraction of sp³-hybridized carbons (Fsp3) is 0.316. The van der Waals surface area contributed by atoms with Gasteiger partial charge in [-0.1, -0.05) is 30.3 Å². The Morgan fingerprint density at radius 1 is 1.12 bits per heavy atom. The molecular weight excluding hydrogens is 345 g/mol. The van der Waals surface area contributed by atoms with Gasteiger partial charge in [-0.25, -0.2) is 4.39 Å². The van der Waals surface area contributed by atoms with Crippen LogP contribution in [0, 0.1) is 5.82 Å². The van der Waals surface area contributed by atoms with Crippen LogP contribution in [0.2, 0.25) is 0 Å². The standard InChI is InChI=1S/C19H21F3N2O2/c1-13(16-4-2-3-5-17(16)20)24-12-18(25)23-11-10-14-6-8-15(9-7-14)26-19(21)22/h2-9,13,19,24H,10-12H2,1H3,(H,23,25). The van der Waals surface area contributed by atoms with Crippen molar-refractivity contribution < 1.29 is 22.7 Å². The second kappa shape index (κ2) is 9.82. The van der Waals surface area contributed by atoms with Crippen LogP contribution in [0.15, 0.2) is 48.5 Å². The van der Waals surface area contributed by atoms with E-state index in [9.17, 15) is 18.0 Å². The fourth-order valence-corrected chi connectivity index (χ4v) is 2.43. The first-order valence-corrected chi connectivity index (χ1v) is 8.24. The van der Waals surface area contributed by atoms with E-state index >= 15 is 0 Å². The lowest BCUT2D eigenvalue weighted by atomic mass is 10.1. The first-order valence-electron chi connectivity index (χ1n) is 8.24. The average molecular weight is 366 g/mol. The van der Waals surface area contributed by atoms with Gasteiger partial charge in [0.1, 0.15) is 11.6 Å². The molecule has 2 aromatic rings. The number of carbonyl (C=O) groups is 1. The molecule has 140 valence electrons. The number of halogens is 3. The molecule has 4 nitrogen and oxygen atoms in total. The SMILES string of the molecule is CC(NCC(=O)NCCc1ccc(OC(F)F)cc1)c1ccccc1F. The van der Waals surface area contributed by atoms with Crippen molar-refractivity contribution >= 4 is 5.91 Å². The Morgan fingerprint density at radius 3 is 2.46 bits per heavy atom. The Hall–Kier alpha value is -2.54. The second-order valence-electron chi connectivity index (χ2n) is 5.75. The highest BCUT2D eigenvalue weighted by atomic mass is 19.3. The maximum Gasteiger partial charge on any atom is 0.387 e. The van der Waals surface area contributed by atoms with Crippen molar-refractivity contribution in [3.63, 3.8) is 0 Å². The molecule has 0 aromatic heterocycles. The van der Waals surface area contributed by atoms with E-state index in [0.29, 0.717) is 18.5 Å². The highest BCUT2D eigenvalue weighted by Gasteiger charge is 2.11. The van der Waals surface area contributed by atoms with Crippen LogP contribution >= 0.6 is 0 Å². The summed E-state index contributed by atoms with van der Waals surface area (Å²) in [7, 11) is 0. The van der Waals surface area contributed by atoms with E-state index in [2.05, 4.69) is 15.4 Å². The largest absolute Gasteiger partial charge is 0.435 e. The van der Waals surface area contributed by atoms with Crippen molar-refractivity contribution in [1.29, 1.82) is 0 Å². The number of hydrogen-bond donors (Lipinski definition) is 2. The molecule has 0 bridgehead atoms. The predicted octanol–water partition coefficient (Wildman–Crippen LogP) is 3.44. The van der Waals surface area contributed by atoms with Gasteiger partial charge in [0.2, 0.25) is 5.91 Å². The third-order valence-electron chi connectivity index (χ3n) is 3.82. The summed E-state index contributed by atoms with van der Waals surface area (Å²) in [5, 5.41) is 5.73. The van der Waals surface area contributed by atoms with E-state index in [1.807, 2.05) is 0 Å². The molecule has 0 radical (unpaired) electrons. The third kappa shape index (κ3) is 6.40. The van der Waals surface area contributed by atoms with Crippen LogP contribution in [0.1, 0.15) is 24.1 Å². The van der Waals surface area contributed by atoms with Crippen molar-refractivity contribution in [2.75, 3.05) is 13.1 Å². The quantitative estimate of drug-likeness (QED) is 0.715. The average Bonchev–Trinajstić information content (AvgIpc) is 2.61. The maximum atomic E-state index is 13.7. The first kappa shape index (κ1) is 19.8. The summed E-state index contributed by atoms with van der Waals surface area (Å²) in [6, 6.07) is 12.4. The lowest BCUT2D eigenvalue weighted by Crippen LogP contribution is -2.36. The van der Waals surface area contributed by atoms with Crippen LogP contribution < -0.4 is 15.4 Å². The highest BCUT2D eigenvalue weighted by Crippen LogP contribution is 2.16. The molecule has 0 aliphatic carbocycles. The van der Waals surface area contributed by atoms with E-state index < -0.39 is 6.61 Å². The van der Waals surface area contributed by atoms with Gasteiger partial charge in [-0.3, -0.25) is 4.79 Å². The molecule has 0 saturated heterocycles. The van der Waals surface area contributed by atoms with Gasteiger partial charge in [-0.15, -0.1) is 0 Å². The molecule has 2 aromatic carbocycles. The molecule has 1 amide bonds. The Morgan fingerprint density at radius 2 is 1.81 bits per heavy atom. The smallest absolute Gasteiger partial charge is 0.387 e. The van der Waals surface area contributed by atoms with Crippen LogP contribution in [-0.2, 0) is 11.2 Å². The van der Waals surface area contributed by atoms with Gasteiger partial charge in [-0.05, 0) is 37.1 Å². The molecule has 7 heteroatoms. The summed E-state index contributed by atoms with van der Waals surface area (Å²) in [5.74, 6) is -0.419. The minimum atomic E-state index is -2.85. The van der Waals surface area contributed by atoms with Gasteiger partial charge in [-0.2, -0.15) is 8.78 Å². The monoisotopic (exact) mass is 366 g/mol. The van der Waals surface area contributed by atoms with Crippen LogP contribution in [-0.4, -0.2) is 25.6 Å². The van der Waals surface area contributed by atoms with E-state index in [1.54, 1.807) is 37.3 Å². The normalized spacial score (nSPS) is 12.0. The number of alkyl halides is 2. The molecule has 26 heavy (non-hydrogen) atoms. The Balaban J connectivity index is 1.69. The summed E-state index contributed by atoms with van der Waals surface area (Å²) in [5.41, 5.74) is 1.39. The second-order valence-corrected chi connectivity index (χ2v) is 5.75. The topological polar surface area (TPSA) is 50.4 Å². The molecule has 0 aliphatic heterocycles. The van der Waals surface area contributed by atoms with E-state index in [4.69, 9.17) is 0 Å². The molecule has 2 rings (SSSR count). The Bertz CT molecular complexity index is 708. The zero-order valence-electron chi connectivity index (χ0n) is 14.3. The molecule has 1 unspecified atom stereocenters. The molecule has 2 N–H and O–H groups in total. The number of carbonyl (C=O) groups excluding carboxylic acids is 1. The number of benzene rings is 2. The van der Waals surface area contributed by atoms with Gasteiger partial charge in [0.05, 0.1) is 6.54 Å². The van der Waals surface area contributed by atoms with E-state index in [-0.39, 0.29) is 30.1 Å². The molecule has 0 fully saturated rings. The van der Waals surface area contributed by atoms with Crippen molar-refractivity contribution in [3.8, 4) is 5.75 Å². The molecule has 0 saturated carbocycles. The van der Waals surface area contributed by atoms with Crippen molar-refractivity contribution in [1.82, 2.24) is 10.6 Å². The number of nitrogens with one attached hydrogen (secondary N) is 2. The Kier molecular flexibility index (Phi) is 7.47. The summed E-state index contributed by atoms with van der Waals surface area (Å²) in [6.45, 7) is -0.589. The summed E-state index contributed by atoms with van der Waals surface area (Å²) < 4.78 is 42.1. The molecule has 0 heterocycles. The van der Waals surface area contributed by atoms with Crippen LogP contribution in [0.25, 0.3) is 0 Å². The van der Waals surface area contributed by atoms with Crippen molar-refractivity contribution in [2.45, 2.75) is 26.0 Å². The highest BCUT2D eigenvalue weighted by molar-refractivity contribution is 5.78. The van der Waals surface area contributed by atoms with Gasteiger partial charge < -0.3 is 15.4 Å². The number of rotatable bonds is 9. The lowest BCUT2D eigenvalue weighted by Gasteiger charge is -2.15. The van der Waals surface area contributed by atoms with Crippen molar-refractivity contribution in [2.24, 2.45) is 0 Å². The Labute approximate surface area is 150 Å². The molecule has 0 aliphatic rings. The number of ether oxygens (including phenoxy) is 1. The van der Waals surface area contributed by atoms with Crippen LogP contribution in [0.4, 0.5) is 13.2 Å². The zero-order valence-corrected chi connectivity index (χ0v) is 14.3. The predicted molar refractivity (Wildman–Crippen MR) is 92.6 cm³/mol. The third-order valence-corrected chi connectivity index (χ3v) is 3.82.